The van der Waals surface area contributed by atoms with Crippen molar-refractivity contribution < 1.29 is 5.11 Å². The number of aliphatic hydroxyl groups is 1. The highest BCUT2D eigenvalue weighted by molar-refractivity contribution is 7.98. The van der Waals surface area contributed by atoms with Gasteiger partial charge in [0.15, 0.2) is 0 Å². The molecule has 2 N–H and O–H groups in total. The summed E-state index contributed by atoms with van der Waals surface area (Å²) in [7, 11) is 0. The lowest BCUT2D eigenvalue weighted by Gasteiger charge is -2.22. The Labute approximate surface area is 115 Å². The van der Waals surface area contributed by atoms with E-state index in [-0.39, 0.29) is 11.6 Å². The molecule has 102 valence electrons. The second-order valence-corrected chi connectivity index (χ2v) is 6.82. The van der Waals surface area contributed by atoms with Crippen LogP contribution in [-0.2, 0) is 5.75 Å². The zero-order valence-corrected chi connectivity index (χ0v) is 12.7. The molecular weight excluding hydrogens is 242 g/mol. The molecule has 18 heavy (non-hydrogen) atoms. The third-order valence-corrected chi connectivity index (χ3v) is 3.69. The summed E-state index contributed by atoms with van der Waals surface area (Å²) in [6.07, 6.45) is -0.279. The average molecular weight is 267 g/mol. The summed E-state index contributed by atoms with van der Waals surface area (Å²) in [5.74, 6) is 1.74. The monoisotopic (exact) mass is 267 g/mol. The van der Waals surface area contributed by atoms with Gasteiger partial charge in [0.25, 0.3) is 0 Å². The molecule has 0 spiro atoms. The Hall–Kier alpha value is -0.510. The molecule has 0 bridgehead atoms. The Bertz CT molecular complexity index is 360. The van der Waals surface area contributed by atoms with Crippen LogP contribution in [0.2, 0.25) is 0 Å². The maximum absolute atomic E-state index is 9.86. The molecule has 3 heteroatoms. The fourth-order valence-electron chi connectivity index (χ4n) is 1.60. The van der Waals surface area contributed by atoms with Crippen LogP contribution in [0.25, 0.3) is 0 Å². The third kappa shape index (κ3) is 7.04. The first-order valence-corrected chi connectivity index (χ1v) is 7.59. The van der Waals surface area contributed by atoms with E-state index in [0.717, 1.165) is 11.5 Å². The van der Waals surface area contributed by atoms with Gasteiger partial charge in [-0.2, -0.15) is 11.8 Å². The molecule has 0 saturated heterocycles. The van der Waals surface area contributed by atoms with Gasteiger partial charge in [0.2, 0.25) is 0 Å². The maximum Gasteiger partial charge on any atom is 0.0755 e. The van der Waals surface area contributed by atoms with E-state index in [1.807, 2.05) is 0 Å². The minimum atomic E-state index is -0.279. The highest BCUT2D eigenvalue weighted by Crippen LogP contribution is 2.14. The number of aryl methyl sites for hydroxylation is 1. The lowest BCUT2D eigenvalue weighted by atomic mass is 10.1. The molecule has 1 aromatic carbocycles. The topological polar surface area (TPSA) is 32.3 Å². The lowest BCUT2D eigenvalue weighted by Crippen LogP contribution is -2.41. The molecule has 1 atom stereocenters. The van der Waals surface area contributed by atoms with Crippen LogP contribution in [0.15, 0.2) is 24.3 Å². The van der Waals surface area contributed by atoms with E-state index in [9.17, 15) is 5.11 Å². The smallest absolute Gasteiger partial charge is 0.0755 e. The summed E-state index contributed by atoms with van der Waals surface area (Å²) in [4.78, 5) is 0. The Kier molecular flexibility index (Phi) is 6.19. The van der Waals surface area contributed by atoms with Gasteiger partial charge >= 0.3 is 0 Å². The van der Waals surface area contributed by atoms with E-state index in [0.29, 0.717) is 6.54 Å². The van der Waals surface area contributed by atoms with Crippen molar-refractivity contribution >= 4 is 11.8 Å². The Balaban J connectivity index is 2.21. The van der Waals surface area contributed by atoms with Gasteiger partial charge in [-0.25, -0.2) is 0 Å². The summed E-state index contributed by atoms with van der Waals surface area (Å²) in [6, 6.07) is 8.53. The van der Waals surface area contributed by atoms with Crippen LogP contribution < -0.4 is 5.32 Å². The van der Waals surface area contributed by atoms with Gasteiger partial charge in [-0.15, -0.1) is 0 Å². The van der Waals surface area contributed by atoms with Gasteiger partial charge in [-0.1, -0.05) is 29.8 Å². The van der Waals surface area contributed by atoms with Gasteiger partial charge in [0, 0.05) is 23.6 Å². The van der Waals surface area contributed by atoms with Crippen molar-refractivity contribution in [2.75, 3.05) is 12.3 Å². The van der Waals surface area contributed by atoms with Gasteiger partial charge in [-0.3, -0.25) is 0 Å². The minimum absolute atomic E-state index is 0.0716. The van der Waals surface area contributed by atoms with Crippen molar-refractivity contribution in [3.05, 3.63) is 35.4 Å². The zero-order valence-electron chi connectivity index (χ0n) is 11.9. The number of aliphatic hydroxyl groups excluding tert-OH is 1. The predicted octanol–water partition coefficient (Wildman–Crippen LogP) is 2.98. The van der Waals surface area contributed by atoms with Gasteiger partial charge in [-0.05, 0) is 33.3 Å². The van der Waals surface area contributed by atoms with Gasteiger partial charge in [0.1, 0.15) is 0 Å². The molecule has 0 heterocycles. The van der Waals surface area contributed by atoms with E-state index < -0.39 is 0 Å². The van der Waals surface area contributed by atoms with E-state index in [2.05, 4.69) is 57.3 Å². The summed E-state index contributed by atoms with van der Waals surface area (Å²) in [5.41, 5.74) is 2.70. The largest absolute Gasteiger partial charge is 0.391 e. The second-order valence-electron chi connectivity index (χ2n) is 5.79. The first-order valence-electron chi connectivity index (χ1n) is 6.43. The Morgan fingerprint density at radius 2 is 2.06 bits per heavy atom. The van der Waals surface area contributed by atoms with Crippen molar-refractivity contribution in [2.24, 2.45) is 0 Å². The number of hydrogen-bond acceptors (Lipinski definition) is 3. The number of hydrogen-bond donors (Lipinski definition) is 2. The van der Waals surface area contributed by atoms with Crippen molar-refractivity contribution in [3.63, 3.8) is 0 Å². The molecule has 2 nitrogen and oxygen atoms in total. The number of thioether (sulfide) groups is 1. The molecule has 0 saturated carbocycles. The molecule has 0 aliphatic heterocycles. The normalized spacial score (nSPS) is 13.6. The number of β-amino-alcohol motifs (C(OH)–C–C–N with tert-alkyl or cyclic N) is 1. The fourth-order valence-corrected chi connectivity index (χ4v) is 2.52. The molecule has 1 rings (SSSR count). The SMILES string of the molecule is Cc1cccc(CSCC(O)CNC(C)(C)C)c1. The van der Waals surface area contributed by atoms with Crippen molar-refractivity contribution in [2.45, 2.75) is 45.1 Å². The van der Waals surface area contributed by atoms with Crippen LogP contribution in [0.4, 0.5) is 0 Å². The molecular formula is C15H25NOS. The average Bonchev–Trinajstić information content (AvgIpc) is 2.25. The summed E-state index contributed by atoms with van der Waals surface area (Å²) < 4.78 is 0. The van der Waals surface area contributed by atoms with E-state index in [1.165, 1.54) is 11.1 Å². The molecule has 0 aromatic heterocycles. The quantitative estimate of drug-likeness (QED) is 0.831. The molecule has 0 amide bonds. The number of rotatable bonds is 6. The summed E-state index contributed by atoms with van der Waals surface area (Å²) in [6.45, 7) is 9.10. The number of nitrogens with one attached hydrogen (secondary N) is 1. The molecule has 0 aliphatic carbocycles. The molecule has 1 aromatic rings. The van der Waals surface area contributed by atoms with Crippen LogP contribution in [0, 0.1) is 6.92 Å². The summed E-state index contributed by atoms with van der Waals surface area (Å²) >= 11 is 1.78. The Morgan fingerprint density at radius 3 is 2.67 bits per heavy atom. The maximum atomic E-state index is 9.86. The standard InChI is InChI=1S/C15H25NOS/c1-12-6-5-7-13(8-12)10-18-11-14(17)9-16-15(2,3)4/h5-8,14,16-17H,9-11H2,1-4H3. The first-order chi connectivity index (χ1) is 8.37. The van der Waals surface area contributed by atoms with Crippen molar-refractivity contribution in [1.82, 2.24) is 5.32 Å². The Morgan fingerprint density at radius 1 is 1.33 bits per heavy atom. The van der Waals surface area contributed by atoms with E-state index >= 15 is 0 Å². The second kappa shape index (κ2) is 7.17. The molecule has 1 unspecified atom stereocenters. The highest BCUT2D eigenvalue weighted by Gasteiger charge is 2.11. The van der Waals surface area contributed by atoms with Crippen LogP contribution >= 0.6 is 11.8 Å². The fraction of sp³-hybridized carbons (Fsp3) is 0.600. The summed E-state index contributed by atoms with van der Waals surface area (Å²) in [5, 5.41) is 13.2. The van der Waals surface area contributed by atoms with Gasteiger partial charge in [0.05, 0.1) is 6.10 Å². The van der Waals surface area contributed by atoms with Crippen LogP contribution in [-0.4, -0.2) is 29.0 Å². The van der Waals surface area contributed by atoms with E-state index in [4.69, 9.17) is 0 Å². The minimum Gasteiger partial charge on any atom is -0.391 e. The lowest BCUT2D eigenvalue weighted by molar-refractivity contribution is 0.183. The molecule has 0 aliphatic rings. The molecule has 0 radical (unpaired) electrons. The van der Waals surface area contributed by atoms with Crippen molar-refractivity contribution in [1.29, 1.82) is 0 Å². The van der Waals surface area contributed by atoms with Crippen LogP contribution in [0.3, 0.4) is 0 Å². The van der Waals surface area contributed by atoms with E-state index in [1.54, 1.807) is 11.8 Å². The number of benzene rings is 1. The first kappa shape index (κ1) is 15.5. The van der Waals surface area contributed by atoms with Crippen LogP contribution in [0.1, 0.15) is 31.9 Å². The van der Waals surface area contributed by atoms with Crippen LogP contribution in [0.5, 0.6) is 0 Å². The third-order valence-electron chi connectivity index (χ3n) is 2.53. The zero-order chi connectivity index (χ0) is 13.6. The predicted molar refractivity (Wildman–Crippen MR) is 81.1 cm³/mol. The highest BCUT2D eigenvalue weighted by atomic mass is 32.2. The molecule has 0 fully saturated rings. The van der Waals surface area contributed by atoms with Crippen molar-refractivity contribution in [3.8, 4) is 0 Å². The van der Waals surface area contributed by atoms with Gasteiger partial charge < -0.3 is 10.4 Å².